The first-order valence-corrected chi connectivity index (χ1v) is 6.67. The first kappa shape index (κ1) is 11.2. The van der Waals surface area contributed by atoms with Gasteiger partial charge in [0, 0.05) is 5.56 Å². The molecule has 0 aliphatic carbocycles. The van der Waals surface area contributed by atoms with Crippen molar-refractivity contribution in [3.8, 4) is 5.75 Å². The largest absolute Gasteiger partial charge is 0.507 e. The summed E-state index contributed by atoms with van der Waals surface area (Å²) in [5, 5.41) is 18.4. The van der Waals surface area contributed by atoms with E-state index in [1.165, 1.54) is 11.3 Å². The number of thioether (sulfide) groups is 1. The van der Waals surface area contributed by atoms with Gasteiger partial charge in [-0.2, -0.15) is 0 Å². The molecular weight excluding hydrogens is 240 g/mol. The van der Waals surface area contributed by atoms with E-state index in [9.17, 15) is 5.11 Å². The highest BCUT2D eigenvalue weighted by atomic mass is 32.2. The molecule has 1 aromatic heterocycles. The summed E-state index contributed by atoms with van der Waals surface area (Å²) in [7, 11) is 0. The highest BCUT2D eigenvalue weighted by molar-refractivity contribution is 8.00. The molecule has 1 heterocycles. The second-order valence-electron chi connectivity index (χ2n) is 3.00. The van der Waals surface area contributed by atoms with Crippen LogP contribution in [0.4, 0.5) is 0 Å². The Morgan fingerprint density at radius 3 is 2.75 bits per heavy atom. The maximum atomic E-state index is 9.55. The van der Waals surface area contributed by atoms with E-state index in [1.807, 2.05) is 30.5 Å². The predicted octanol–water partition coefficient (Wildman–Crippen LogP) is 3.14. The van der Waals surface area contributed by atoms with Gasteiger partial charge in [0.2, 0.25) is 0 Å². The van der Waals surface area contributed by atoms with Crippen LogP contribution in [0.2, 0.25) is 0 Å². The second-order valence-corrected chi connectivity index (χ2v) is 5.06. The summed E-state index contributed by atoms with van der Waals surface area (Å²) >= 11 is 3.11. The number of aromatic nitrogens is 2. The molecule has 0 amide bonds. The number of para-hydroxylation sites is 1. The average Bonchev–Trinajstić information content (AvgIpc) is 2.76. The number of phenols is 1. The van der Waals surface area contributed by atoms with Crippen LogP contribution in [0.15, 0.2) is 28.6 Å². The first-order chi connectivity index (χ1) is 7.79. The molecule has 0 bridgehead atoms. The van der Waals surface area contributed by atoms with Crippen LogP contribution in [0.25, 0.3) is 12.2 Å². The number of nitrogens with zero attached hydrogens (tertiary/aromatic N) is 2. The smallest absolute Gasteiger partial charge is 0.174 e. The molecule has 0 radical (unpaired) electrons. The van der Waals surface area contributed by atoms with E-state index in [1.54, 1.807) is 23.9 Å². The summed E-state index contributed by atoms with van der Waals surface area (Å²) in [4.78, 5) is 0. The Morgan fingerprint density at radius 2 is 2.06 bits per heavy atom. The molecule has 1 aromatic carbocycles. The van der Waals surface area contributed by atoms with Crippen molar-refractivity contribution in [2.75, 3.05) is 6.26 Å². The maximum absolute atomic E-state index is 9.55. The molecule has 0 fully saturated rings. The van der Waals surface area contributed by atoms with Gasteiger partial charge in [-0.15, -0.1) is 10.2 Å². The molecule has 0 spiro atoms. The van der Waals surface area contributed by atoms with Crippen molar-refractivity contribution in [3.05, 3.63) is 34.8 Å². The van der Waals surface area contributed by atoms with Crippen LogP contribution in [-0.4, -0.2) is 21.6 Å². The fraction of sp³-hybridized carbons (Fsp3) is 0.0909. The molecular formula is C11H10N2OS2. The van der Waals surface area contributed by atoms with Crippen molar-refractivity contribution in [1.82, 2.24) is 10.2 Å². The predicted molar refractivity (Wildman–Crippen MR) is 68.7 cm³/mol. The van der Waals surface area contributed by atoms with Crippen molar-refractivity contribution >= 4 is 35.3 Å². The van der Waals surface area contributed by atoms with E-state index in [-0.39, 0.29) is 5.75 Å². The third-order valence-electron chi connectivity index (χ3n) is 1.94. The molecule has 0 aliphatic heterocycles. The lowest BCUT2D eigenvalue weighted by Gasteiger charge is -1.95. The monoisotopic (exact) mass is 250 g/mol. The molecule has 2 aromatic rings. The number of phenolic OH excluding ortho intramolecular Hbond substituents is 1. The minimum Gasteiger partial charge on any atom is -0.507 e. The van der Waals surface area contributed by atoms with Gasteiger partial charge in [0.1, 0.15) is 10.8 Å². The van der Waals surface area contributed by atoms with Gasteiger partial charge in [-0.05, 0) is 24.5 Å². The third kappa shape index (κ3) is 2.62. The Morgan fingerprint density at radius 1 is 1.25 bits per heavy atom. The fourth-order valence-electron chi connectivity index (χ4n) is 1.16. The molecule has 5 heteroatoms. The lowest BCUT2D eigenvalue weighted by Crippen LogP contribution is -1.73. The van der Waals surface area contributed by atoms with Crippen molar-refractivity contribution in [1.29, 1.82) is 0 Å². The van der Waals surface area contributed by atoms with E-state index in [2.05, 4.69) is 10.2 Å². The zero-order valence-corrected chi connectivity index (χ0v) is 10.3. The minimum atomic E-state index is 0.272. The van der Waals surface area contributed by atoms with Crippen molar-refractivity contribution < 1.29 is 5.11 Å². The summed E-state index contributed by atoms with van der Waals surface area (Å²) in [6.45, 7) is 0. The number of hydrogen-bond donors (Lipinski definition) is 1. The third-order valence-corrected chi connectivity index (χ3v) is 3.80. The summed E-state index contributed by atoms with van der Waals surface area (Å²) in [6, 6.07) is 7.19. The zero-order chi connectivity index (χ0) is 11.4. The molecule has 82 valence electrons. The Balaban J connectivity index is 2.18. The Bertz CT molecular complexity index is 508. The summed E-state index contributed by atoms with van der Waals surface area (Å²) < 4.78 is 0.942. The topological polar surface area (TPSA) is 46.0 Å². The molecule has 0 aliphatic rings. The van der Waals surface area contributed by atoms with E-state index in [4.69, 9.17) is 0 Å². The summed E-state index contributed by atoms with van der Waals surface area (Å²) in [5.74, 6) is 0.272. The van der Waals surface area contributed by atoms with Gasteiger partial charge in [-0.25, -0.2) is 0 Å². The highest BCUT2D eigenvalue weighted by Gasteiger charge is 1.99. The molecule has 0 unspecified atom stereocenters. The van der Waals surface area contributed by atoms with E-state index in [0.29, 0.717) is 0 Å². The van der Waals surface area contributed by atoms with E-state index < -0.39 is 0 Å². The lowest BCUT2D eigenvalue weighted by atomic mass is 10.2. The molecule has 1 N–H and O–H groups in total. The van der Waals surface area contributed by atoms with Gasteiger partial charge in [0.05, 0.1) is 0 Å². The molecule has 0 saturated carbocycles. The minimum absolute atomic E-state index is 0.272. The summed E-state index contributed by atoms with van der Waals surface area (Å²) in [5.41, 5.74) is 0.781. The number of rotatable bonds is 3. The Labute approximate surface area is 102 Å². The molecule has 3 nitrogen and oxygen atoms in total. The summed E-state index contributed by atoms with van der Waals surface area (Å²) in [6.07, 6.45) is 5.66. The van der Waals surface area contributed by atoms with Gasteiger partial charge in [-0.3, -0.25) is 0 Å². The zero-order valence-electron chi connectivity index (χ0n) is 8.62. The highest BCUT2D eigenvalue weighted by Crippen LogP contribution is 2.22. The van der Waals surface area contributed by atoms with Gasteiger partial charge < -0.3 is 5.11 Å². The van der Waals surface area contributed by atoms with Gasteiger partial charge in [0.25, 0.3) is 0 Å². The SMILES string of the molecule is CSc1nnc(C=Cc2ccccc2O)s1. The average molecular weight is 250 g/mol. The fourth-order valence-corrected chi connectivity index (χ4v) is 2.35. The molecule has 0 atom stereocenters. The Kier molecular flexibility index (Phi) is 3.58. The van der Waals surface area contributed by atoms with E-state index >= 15 is 0 Å². The van der Waals surface area contributed by atoms with Crippen molar-refractivity contribution in [2.45, 2.75) is 4.34 Å². The quantitative estimate of drug-likeness (QED) is 0.850. The number of aromatic hydroxyl groups is 1. The standard InChI is InChI=1S/C11H10N2OS2/c1-15-11-13-12-10(16-11)7-6-8-4-2-3-5-9(8)14/h2-7,14H,1H3. The maximum Gasteiger partial charge on any atom is 0.174 e. The van der Waals surface area contributed by atoms with Crippen molar-refractivity contribution in [2.24, 2.45) is 0 Å². The molecule has 2 rings (SSSR count). The molecule has 16 heavy (non-hydrogen) atoms. The van der Waals surface area contributed by atoms with Gasteiger partial charge in [0.15, 0.2) is 4.34 Å². The number of benzene rings is 1. The van der Waals surface area contributed by atoms with Crippen LogP contribution in [0, 0.1) is 0 Å². The van der Waals surface area contributed by atoms with Crippen LogP contribution >= 0.6 is 23.1 Å². The first-order valence-electron chi connectivity index (χ1n) is 4.63. The normalized spacial score (nSPS) is 11.1. The Hall–Kier alpha value is -1.33. The van der Waals surface area contributed by atoms with Gasteiger partial charge in [-0.1, -0.05) is 41.3 Å². The lowest BCUT2D eigenvalue weighted by molar-refractivity contribution is 0.474. The van der Waals surface area contributed by atoms with Crippen LogP contribution in [0.1, 0.15) is 10.6 Å². The van der Waals surface area contributed by atoms with Crippen LogP contribution in [0.5, 0.6) is 5.75 Å². The van der Waals surface area contributed by atoms with Crippen LogP contribution in [-0.2, 0) is 0 Å². The molecule has 0 saturated heterocycles. The second kappa shape index (κ2) is 5.14. The van der Waals surface area contributed by atoms with Crippen molar-refractivity contribution in [3.63, 3.8) is 0 Å². The number of hydrogen-bond acceptors (Lipinski definition) is 5. The van der Waals surface area contributed by atoms with E-state index in [0.717, 1.165) is 14.9 Å². The van der Waals surface area contributed by atoms with Gasteiger partial charge >= 0.3 is 0 Å². The van der Waals surface area contributed by atoms with Crippen LogP contribution in [0.3, 0.4) is 0 Å². The van der Waals surface area contributed by atoms with Crippen LogP contribution < -0.4 is 0 Å².